The van der Waals surface area contributed by atoms with Crippen LogP contribution in [0.1, 0.15) is 15.9 Å². The van der Waals surface area contributed by atoms with Gasteiger partial charge in [-0.15, -0.1) is 0 Å². The van der Waals surface area contributed by atoms with Crippen LogP contribution in [0.2, 0.25) is 10.0 Å². The first-order valence-corrected chi connectivity index (χ1v) is 12.3. The molecule has 11 heteroatoms. The van der Waals surface area contributed by atoms with Gasteiger partial charge in [0.1, 0.15) is 5.69 Å². The first-order chi connectivity index (χ1) is 17.1. The third kappa shape index (κ3) is 5.04. The van der Waals surface area contributed by atoms with Crippen LogP contribution in [-0.4, -0.2) is 72.0 Å². The lowest BCUT2D eigenvalue weighted by molar-refractivity contribution is -0.385. The summed E-state index contributed by atoms with van der Waals surface area (Å²) < 4.78 is 1.49. The zero-order valence-corrected chi connectivity index (χ0v) is 21.8. The summed E-state index contributed by atoms with van der Waals surface area (Å²) >= 11 is 12.0. The maximum atomic E-state index is 13.4. The first kappa shape index (κ1) is 25.9. The van der Waals surface area contributed by atoms with Gasteiger partial charge in [-0.2, -0.15) is 0 Å². The Labute approximate surface area is 218 Å². The summed E-state index contributed by atoms with van der Waals surface area (Å²) in [6, 6.07) is 10.4. The van der Waals surface area contributed by atoms with Crippen LogP contribution >= 0.6 is 23.2 Å². The number of amides is 1. The summed E-state index contributed by atoms with van der Waals surface area (Å²) in [7, 11) is 3.78. The van der Waals surface area contributed by atoms with E-state index in [4.69, 9.17) is 23.2 Å². The third-order valence-corrected chi connectivity index (χ3v) is 7.11. The Bertz CT molecular complexity index is 1400. The van der Waals surface area contributed by atoms with Crippen molar-refractivity contribution in [3.8, 4) is 0 Å². The van der Waals surface area contributed by atoms with Crippen molar-refractivity contribution < 1.29 is 9.72 Å². The van der Waals surface area contributed by atoms with E-state index in [1.54, 1.807) is 17.0 Å². The normalized spacial score (nSPS) is 14.1. The van der Waals surface area contributed by atoms with Crippen LogP contribution in [0.15, 0.2) is 41.2 Å². The fourth-order valence-electron chi connectivity index (χ4n) is 4.49. The zero-order valence-electron chi connectivity index (χ0n) is 20.3. The maximum absolute atomic E-state index is 13.4. The van der Waals surface area contributed by atoms with Gasteiger partial charge in [-0.3, -0.25) is 19.7 Å². The van der Waals surface area contributed by atoms with E-state index in [0.717, 1.165) is 5.56 Å². The van der Waals surface area contributed by atoms with Crippen molar-refractivity contribution in [2.75, 3.05) is 51.7 Å². The molecule has 1 saturated heterocycles. The fraction of sp³-hybridized carbons (Fsp3) is 0.360. The van der Waals surface area contributed by atoms with Crippen molar-refractivity contribution in [2.45, 2.75) is 13.5 Å². The average Bonchev–Trinajstić information content (AvgIpc) is 2.84. The molecule has 0 spiro atoms. The molecular weight excluding hydrogens is 505 g/mol. The lowest BCUT2D eigenvalue weighted by atomic mass is 10.1. The van der Waals surface area contributed by atoms with Crippen molar-refractivity contribution in [3.05, 3.63) is 78.0 Å². The van der Waals surface area contributed by atoms with E-state index < -0.39 is 16.2 Å². The quantitative estimate of drug-likeness (QED) is 0.352. The second kappa shape index (κ2) is 10.5. The van der Waals surface area contributed by atoms with E-state index in [9.17, 15) is 19.7 Å². The number of nitro groups is 1. The predicted octanol–water partition coefficient (Wildman–Crippen LogP) is 4.05. The van der Waals surface area contributed by atoms with Crippen molar-refractivity contribution in [1.82, 2.24) is 14.4 Å². The first-order valence-electron chi connectivity index (χ1n) is 11.5. The number of rotatable bonds is 6. The van der Waals surface area contributed by atoms with Crippen LogP contribution in [0.3, 0.4) is 0 Å². The minimum absolute atomic E-state index is 0.192. The Kier molecular flexibility index (Phi) is 7.54. The molecule has 0 aliphatic carbocycles. The highest BCUT2D eigenvalue weighted by molar-refractivity contribution is 6.42. The summed E-state index contributed by atoms with van der Waals surface area (Å²) in [6.45, 7) is 4.18. The van der Waals surface area contributed by atoms with Crippen LogP contribution in [0.5, 0.6) is 0 Å². The zero-order chi connectivity index (χ0) is 26.1. The van der Waals surface area contributed by atoms with Gasteiger partial charge in [0, 0.05) is 50.2 Å². The fourth-order valence-corrected chi connectivity index (χ4v) is 4.79. The van der Waals surface area contributed by atoms with E-state index in [0.29, 0.717) is 71.5 Å². The number of piperazine rings is 1. The van der Waals surface area contributed by atoms with E-state index in [-0.39, 0.29) is 5.91 Å². The molecule has 1 fully saturated rings. The number of hydrogen-bond acceptors (Lipinski definition) is 6. The number of aromatic nitrogens is 1. The number of benzene rings is 2. The van der Waals surface area contributed by atoms with Crippen LogP contribution in [-0.2, 0) is 6.54 Å². The highest BCUT2D eigenvalue weighted by Gasteiger charge is 2.32. The maximum Gasteiger partial charge on any atom is 0.357 e. The number of carbonyl (C=O) groups is 1. The monoisotopic (exact) mass is 531 g/mol. The summed E-state index contributed by atoms with van der Waals surface area (Å²) in [4.78, 5) is 43.4. The smallest absolute Gasteiger partial charge is 0.357 e. The van der Waals surface area contributed by atoms with Gasteiger partial charge in [-0.25, -0.2) is 0 Å². The molecule has 4 rings (SSSR count). The van der Waals surface area contributed by atoms with Gasteiger partial charge in [0.2, 0.25) is 0 Å². The Morgan fingerprint density at radius 2 is 1.75 bits per heavy atom. The molecule has 0 bridgehead atoms. The number of likely N-dealkylation sites (N-methyl/N-ethyl adjacent to an activating group) is 1. The summed E-state index contributed by atoms with van der Waals surface area (Å²) in [6.07, 6.45) is 0. The second-order valence-electron chi connectivity index (χ2n) is 9.14. The molecule has 9 nitrogen and oxygen atoms in total. The van der Waals surface area contributed by atoms with Gasteiger partial charge in [-0.1, -0.05) is 34.8 Å². The number of hydrogen-bond donors (Lipinski definition) is 0. The highest BCUT2D eigenvalue weighted by atomic mass is 35.5. The van der Waals surface area contributed by atoms with E-state index in [1.165, 1.54) is 10.6 Å². The Morgan fingerprint density at radius 3 is 2.36 bits per heavy atom. The molecule has 0 radical (unpaired) electrons. The Hall–Kier alpha value is -3.14. The van der Waals surface area contributed by atoms with Crippen molar-refractivity contribution >= 4 is 51.4 Å². The minimum atomic E-state index is -0.623. The Morgan fingerprint density at radius 1 is 1.06 bits per heavy atom. The molecule has 0 saturated carbocycles. The van der Waals surface area contributed by atoms with Crippen LogP contribution in [0, 0.1) is 17.0 Å². The Balaban J connectivity index is 1.71. The second-order valence-corrected chi connectivity index (χ2v) is 9.96. The summed E-state index contributed by atoms with van der Waals surface area (Å²) in [5.74, 6) is -0.192. The molecule has 190 valence electrons. The van der Waals surface area contributed by atoms with Gasteiger partial charge in [-0.05, 0) is 51.4 Å². The highest BCUT2D eigenvalue weighted by Crippen LogP contribution is 2.35. The number of halogens is 2. The molecule has 36 heavy (non-hydrogen) atoms. The molecule has 0 atom stereocenters. The van der Waals surface area contributed by atoms with Crippen molar-refractivity contribution in [1.29, 1.82) is 0 Å². The number of nitrogens with zero attached hydrogens (tertiary/aromatic N) is 5. The van der Waals surface area contributed by atoms with Crippen LogP contribution in [0.25, 0.3) is 10.9 Å². The topological polar surface area (TPSA) is 91.9 Å². The third-order valence-electron chi connectivity index (χ3n) is 6.37. The molecule has 1 aromatic heterocycles. The molecule has 1 aliphatic heterocycles. The largest absolute Gasteiger partial charge is 0.362 e. The minimum Gasteiger partial charge on any atom is -0.362 e. The SMILES string of the molecule is Cc1ccc2c(c1)c(N1CCN(C(=O)c3ccc(Cl)c(Cl)c3)CC1)c([N+](=O)[O-])c(=O)n2CCN(C)C. The lowest BCUT2D eigenvalue weighted by Gasteiger charge is -2.36. The number of aryl methyl sites for hydroxylation is 1. The van der Waals surface area contributed by atoms with Gasteiger partial charge in [0.25, 0.3) is 5.91 Å². The van der Waals surface area contributed by atoms with Gasteiger partial charge in [0.15, 0.2) is 0 Å². The molecule has 1 aliphatic rings. The van der Waals surface area contributed by atoms with Crippen molar-refractivity contribution in [2.24, 2.45) is 0 Å². The summed E-state index contributed by atoms with van der Waals surface area (Å²) in [5.41, 5.74) is 1.27. The molecule has 1 amide bonds. The van der Waals surface area contributed by atoms with Crippen LogP contribution < -0.4 is 10.5 Å². The molecule has 0 N–H and O–H groups in total. The van der Waals surface area contributed by atoms with E-state index in [2.05, 4.69) is 0 Å². The molecule has 0 unspecified atom stereocenters. The molecule has 2 heterocycles. The van der Waals surface area contributed by atoms with Gasteiger partial charge >= 0.3 is 11.2 Å². The number of anilines is 1. The predicted molar refractivity (Wildman–Crippen MR) is 143 cm³/mol. The van der Waals surface area contributed by atoms with E-state index >= 15 is 0 Å². The van der Waals surface area contributed by atoms with Gasteiger partial charge < -0.3 is 19.3 Å². The standard InChI is InChI=1S/C25H27Cl2N5O4/c1-16-4-7-21-18(14-16)22(23(32(35)36)25(34)31(21)13-8-28(2)3)29-9-11-30(12-10-29)24(33)17-5-6-19(26)20(27)15-17/h4-7,14-15H,8-13H2,1-3H3. The number of pyridine rings is 1. The van der Waals surface area contributed by atoms with Crippen molar-refractivity contribution in [3.63, 3.8) is 0 Å². The number of fused-ring (bicyclic) bond motifs is 1. The molecular formula is C25H27Cl2N5O4. The van der Waals surface area contributed by atoms with Crippen LogP contribution in [0.4, 0.5) is 11.4 Å². The van der Waals surface area contributed by atoms with Gasteiger partial charge in [0.05, 0.1) is 20.5 Å². The molecule has 2 aromatic carbocycles. The molecule has 3 aromatic rings. The number of carbonyl (C=O) groups excluding carboxylic acids is 1. The summed E-state index contributed by atoms with van der Waals surface area (Å²) in [5, 5.41) is 13.5. The lowest BCUT2D eigenvalue weighted by Crippen LogP contribution is -2.49. The average molecular weight is 532 g/mol. The van der Waals surface area contributed by atoms with E-state index in [1.807, 2.05) is 49.0 Å².